The van der Waals surface area contributed by atoms with Gasteiger partial charge in [0.1, 0.15) is 18.1 Å². The van der Waals surface area contributed by atoms with Crippen LogP contribution in [0.15, 0.2) is 103 Å². The predicted molar refractivity (Wildman–Crippen MR) is 126 cm³/mol. The number of hydrogen-bond acceptors (Lipinski definition) is 3. The fourth-order valence-corrected chi connectivity index (χ4v) is 3.65. The minimum Gasteiger partial charge on any atom is -0.488 e. The first-order chi connectivity index (χ1) is 15.7. The molecule has 32 heavy (non-hydrogen) atoms. The van der Waals surface area contributed by atoms with Crippen molar-refractivity contribution >= 4 is 5.78 Å². The van der Waals surface area contributed by atoms with E-state index in [0.717, 1.165) is 33.6 Å². The molecule has 1 aromatic heterocycles. The molecule has 4 nitrogen and oxygen atoms in total. The summed E-state index contributed by atoms with van der Waals surface area (Å²) in [5.74, 6) is 6.80. The number of benzene rings is 3. The second-order valence-electron chi connectivity index (χ2n) is 7.84. The molecule has 0 bridgehead atoms. The molecular formula is C28H27N2O2+. The van der Waals surface area contributed by atoms with E-state index in [4.69, 9.17) is 10.6 Å². The molecule has 0 aliphatic carbocycles. The Bertz CT molecular complexity index is 1170. The highest BCUT2D eigenvalue weighted by Gasteiger charge is 2.08. The van der Waals surface area contributed by atoms with Gasteiger partial charge < -0.3 is 4.74 Å². The number of carbonyl (C=O) groups is 1. The van der Waals surface area contributed by atoms with Crippen LogP contribution >= 0.6 is 0 Å². The lowest BCUT2D eigenvalue weighted by atomic mass is 10.0. The van der Waals surface area contributed by atoms with Gasteiger partial charge in [-0.25, -0.2) is 5.84 Å². The fourth-order valence-electron chi connectivity index (χ4n) is 3.65. The number of nitrogen functional groups attached to an aromatic ring is 1. The first-order valence-corrected chi connectivity index (χ1v) is 10.8. The number of aryl methyl sites for hydroxylation is 1. The monoisotopic (exact) mass is 423 g/mol. The molecule has 0 aliphatic heterocycles. The number of hydrogen-bond donors (Lipinski definition) is 1. The molecule has 0 saturated heterocycles. The van der Waals surface area contributed by atoms with Crippen LogP contribution < -0.4 is 15.3 Å². The Morgan fingerprint density at radius 2 is 1.50 bits per heavy atom. The predicted octanol–water partition coefficient (Wildman–Crippen LogP) is 4.68. The highest BCUT2D eigenvalue weighted by atomic mass is 16.5. The number of ketones is 1. The molecule has 1 heterocycles. The van der Waals surface area contributed by atoms with Crippen LogP contribution in [0.1, 0.15) is 23.1 Å². The van der Waals surface area contributed by atoms with E-state index in [2.05, 4.69) is 18.2 Å². The zero-order valence-corrected chi connectivity index (χ0v) is 18.0. The molecule has 0 aliphatic rings. The Labute approximate surface area is 188 Å². The van der Waals surface area contributed by atoms with Crippen molar-refractivity contribution in [1.29, 1.82) is 0 Å². The number of Topliss-reactive ketones (excluding diaryl/α,β-unsaturated/α-hetero) is 1. The van der Waals surface area contributed by atoms with Crippen molar-refractivity contribution in [2.75, 3.05) is 5.84 Å². The first kappa shape index (κ1) is 21.3. The molecule has 2 N–H and O–H groups in total. The Hall–Kier alpha value is -3.92. The van der Waals surface area contributed by atoms with Crippen molar-refractivity contribution in [2.24, 2.45) is 0 Å². The molecule has 4 aromatic rings. The molecule has 0 unspecified atom stereocenters. The zero-order valence-electron chi connectivity index (χ0n) is 18.0. The number of pyridine rings is 1. The van der Waals surface area contributed by atoms with Gasteiger partial charge in [-0.15, -0.1) is 0 Å². The maximum absolute atomic E-state index is 12.4. The summed E-state index contributed by atoms with van der Waals surface area (Å²) in [5.41, 5.74) is 5.36. The van der Waals surface area contributed by atoms with Gasteiger partial charge in [0.2, 0.25) is 6.20 Å². The van der Waals surface area contributed by atoms with E-state index in [-0.39, 0.29) is 5.78 Å². The number of carbonyl (C=O) groups excluding carboxylic acids is 1. The number of nitrogens with two attached hydrogens (primary N) is 1. The van der Waals surface area contributed by atoms with Crippen LogP contribution in [0.2, 0.25) is 0 Å². The van der Waals surface area contributed by atoms with E-state index in [9.17, 15) is 4.79 Å². The maximum Gasteiger partial charge on any atom is 0.202 e. The molecule has 0 atom stereocenters. The molecule has 0 radical (unpaired) electrons. The van der Waals surface area contributed by atoms with Crippen molar-refractivity contribution in [1.82, 2.24) is 0 Å². The van der Waals surface area contributed by atoms with Crippen LogP contribution in [-0.2, 0) is 24.2 Å². The third-order valence-corrected chi connectivity index (χ3v) is 5.37. The Kier molecular flexibility index (Phi) is 6.93. The van der Waals surface area contributed by atoms with E-state index in [1.54, 1.807) is 6.20 Å². The van der Waals surface area contributed by atoms with E-state index >= 15 is 0 Å². The quantitative estimate of drug-likeness (QED) is 0.314. The Morgan fingerprint density at radius 3 is 2.28 bits per heavy atom. The second kappa shape index (κ2) is 10.4. The molecule has 4 heteroatoms. The number of aromatic nitrogens is 1. The molecular weight excluding hydrogens is 396 g/mol. The molecule has 0 saturated carbocycles. The minimum absolute atomic E-state index is 0.221. The lowest BCUT2D eigenvalue weighted by Gasteiger charge is -2.12. The summed E-state index contributed by atoms with van der Waals surface area (Å²) in [5, 5.41) is 0. The molecule has 3 aromatic carbocycles. The Balaban J connectivity index is 1.31. The minimum atomic E-state index is 0.221. The maximum atomic E-state index is 12.4. The van der Waals surface area contributed by atoms with Gasteiger partial charge in [-0.2, -0.15) is 0 Å². The third kappa shape index (κ3) is 5.82. The summed E-state index contributed by atoms with van der Waals surface area (Å²) >= 11 is 0. The van der Waals surface area contributed by atoms with Gasteiger partial charge >= 0.3 is 0 Å². The number of nitrogens with zero attached hydrogens (tertiary/aromatic N) is 1. The van der Waals surface area contributed by atoms with Gasteiger partial charge in [-0.3, -0.25) is 4.79 Å². The van der Waals surface area contributed by atoms with Gasteiger partial charge in [-0.1, -0.05) is 77.5 Å². The SMILES string of the molecule is N[n+]1cccc(CCC(=O)Cc2ccc(COc3ccccc3-c3ccccc3)cc2)c1. The molecule has 0 fully saturated rings. The van der Waals surface area contributed by atoms with E-state index in [1.165, 1.54) is 4.68 Å². The lowest BCUT2D eigenvalue weighted by molar-refractivity contribution is -0.639. The lowest BCUT2D eigenvalue weighted by Crippen LogP contribution is -2.43. The highest BCUT2D eigenvalue weighted by Crippen LogP contribution is 2.30. The van der Waals surface area contributed by atoms with Gasteiger partial charge in [0.15, 0.2) is 6.20 Å². The Morgan fingerprint density at radius 1 is 0.781 bits per heavy atom. The van der Waals surface area contributed by atoms with E-state index < -0.39 is 0 Å². The van der Waals surface area contributed by atoms with Crippen LogP contribution in [0.4, 0.5) is 0 Å². The largest absolute Gasteiger partial charge is 0.488 e. The van der Waals surface area contributed by atoms with Gasteiger partial charge in [0.05, 0.1) is 0 Å². The molecule has 160 valence electrons. The average molecular weight is 424 g/mol. The van der Waals surface area contributed by atoms with Crippen molar-refractivity contribution in [2.45, 2.75) is 25.9 Å². The number of para-hydroxylation sites is 1. The first-order valence-electron chi connectivity index (χ1n) is 10.8. The van der Waals surface area contributed by atoms with Crippen molar-refractivity contribution in [3.05, 3.63) is 120 Å². The van der Waals surface area contributed by atoms with Gasteiger partial charge in [0.25, 0.3) is 0 Å². The van der Waals surface area contributed by atoms with E-state index in [1.807, 2.05) is 79.0 Å². The summed E-state index contributed by atoms with van der Waals surface area (Å²) in [6.07, 6.45) is 5.26. The van der Waals surface area contributed by atoms with Crippen LogP contribution in [0, 0.1) is 0 Å². The fraction of sp³-hybridized carbons (Fsp3) is 0.143. The highest BCUT2D eigenvalue weighted by molar-refractivity contribution is 5.81. The summed E-state index contributed by atoms with van der Waals surface area (Å²) < 4.78 is 7.63. The zero-order chi connectivity index (χ0) is 22.2. The van der Waals surface area contributed by atoms with Gasteiger partial charge in [-0.05, 0) is 35.2 Å². The number of rotatable bonds is 9. The summed E-state index contributed by atoms with van der Waals surface area (Å²) in [7, 11) is 0. The summed E-state index contributed by atoms with van der Waals surface area (Å²) in [6, 6.07) is 30.3. The molecule has 4 rings (SSSR count). The second-order valence-corrected chi connectivity index (χ2v) is 7.84. The van der Waals surface area contributed by atoms with Crippen LogP contribution in [0.3, 0.4) is 0 Å². The van der Waals surface area contributed by atoms with Crippen LogP contribution in [-0.4, -0.2) is 5.78 Å². The average Bonchev–Trinajstić information content (AvgIpc) is 2.83. The normalized spacial score (nSPS) is 10.6. The van der Waals surface area contributed by atoms with Crippen molar-refractivity contribution in [3.8, 4) is 16.9 Å². The smallest absolute Gasteiger partial charge is 0.202 e. The van der Waals surface area contributed by atoms with Crippen LogP contribution in [0.5, 0.6) is 5.75 Å². The molecule has 0 amide bonds. The van der Waals surface area contributed by atoms with E-state index in [0.29, 0.717) is 25.9 Å². The summed E-state index contributed by atoms with van der Waals surface area (Å²) in [6.45, 7) is 0.477. The van der Waals surface area contributed by atoms with Gasteiger partial charge in [0, 0.05) is 30.0 Å². The summed E-state index contributed by atoms with van der Waals surface area (Å²) in [4.78, 5) is 12.4. The number of ether oxygens (including phenoxy) is 1. The molecule has 0 spiro atoms. The van der Waals surface area contributed by atoms with Crippen LogP contribution in [0.25, 0.3) is 11.1 Å². The standard InChI is InChI=1S/C28H27N2O2/c29-30-18-6-7-23(20-30)16-17-26(31)19-22-12-14-24(15-13-22)21-32-28-11-5-4-10-27(28)25-8-2-1-3-9-25/h1-15,18,20H,16-17,19,21,29H2/q+1. The van der Waals surface area contributed by atoms with Crippen molar-refractivity contribution in [3.63, 3.8) is 0 Å². The van der Waals surface area contributed by atoms with Crippen molar-refractivity contribution < 1.29 is 14.2 Å². The topological polar surface area (TPSA) is 56.2 Å². The third-order valence-electron chi connectivity index (χ3n) is 5.37.